The van der Waals surface area contributed by atoms with Crippen LogP contribution in [0.3, 0.4) is 0 Å². The lowest BCUT2D eigenvalue weighted by Crippen LogP contribution is -2.15. The second kappa shape index (κ2) is 7.79. The topological polar surface area (TPSA) is 46.0 Å². The van der Waals surface area contributed by atoms with Crippen LogP contribution in [0.4, 0.5) is 5.82 Å². The minimum absolute atomic E-state index is 0.522. The van der Waals surface area contributed by atoms with Gasteiger partial charge in [0.05, 0.1) is 5.69 Å². The number of aryl methyl sites for hydroxylation is 1. The van der Waals surface area contributed by atoms with Gasteiger partial charge in [0.1, 0.15) is 11.0 Å². The van der Waals surface area contributed by atoms with Crippen LogP contribution in [0.2, 0.25) is 5.15 Å². The molecule has 0 atom stereocenters. The largest absolute Gasteiger partial charge is 0.363 e. The molecule has 2 aromatic heterocycles. The molecular weight excluding hydrogens is 310 g/mol. The molecule has 126 valence electrons. The Kier molecular flexibility index (Phi) is 6.02. The maximum atomic E-state index is 6.47. The SMILES string of the molecule is Cc1nn(CC(C)C)c(Cl)c1CNCc1ccnc(N(C)C)c1. The third kappa shape index (κ3) is 4.69. The fourth-order valence-electron chi connectivity index (χ4n) is 2.41. The average molecular weight is 336 g/mol. The molecule has 0 aliphatic rings. The van der Waals surface area contributed by atoms with E-state index >= 15 is 0 Å². The summed E-state index contributed by atoms with van der Waals surface area (Å²) in [5, 5.41) is 8.73. The molecule has 0 aliphatic heterocycles. The Morgan fingerprint density at radius 3 is 2.70 bits per heavy atom. The summed E-state index contributed by atoms with van der Waals surface area (Å²) in [6.07, 6.45) is 1.84. The summed E-state index contributed by atoms with van der Waals surface area (Å²) in [5.41, 5.74) is 3.27. The number of rotatable bonds is 7. The van der Waals surface area contributed by atoms with Crippen LogP contribution in [0.5, 0.6) is 0 Å². The van der Waals surface area contributed by atoms with Crippen LogP contribution in [0, 0.1) is 12.8 Å². The third-order valence-corrected chi connectivity index (χ3v) is 4.04. The summed E-state index contributed by atoms with van der Waals surface area (Å²) in [7, 11) is 3.98. The molecule has 0 amide bonds. The van der Waals surface area contributed by atoms with Gasteiger partial charge < -0.3 is 10.2 Å². The van der Waals surface area contributed by atoms with Crippen LogP contribution in [0.1, 0.15) is 30.7 Å². The molecule has 0 saturated carbocycles. The number of anilines is 1. The quantitative estimate of drug-likeness (QED) is 0.843. The first-order valence-corrected chi connectivity index (χ1v) is 8.31. The summed E-state index contributed by atoms with van der Waals surface area (Å²) in [4.78, 5) is 6.33. The van der Waals surface area contributed by atoms with Crippen molar-refractivity contribution in [1.82, 2.24) is 20.1 Å². The van der Waals surface area contributed by atoms with Crippen molar-refractivity contribution in [2.75, 3.05) is 19.0 Å². The van der Waals surface area contributed by atoms with Gasteiger partial charge in [-0.25, -0.2) is 4.98 Å². The first-order chi connectivity index (χ1) is 10.9. The van der Waals surface area contributed by atoms with E-state index in [2.05, 4.69) is 35.3 Å². The van der Waals surface area contributed by atoms with Gasteiger partial charge in [-0.1, -0.05) is 25.4 Å². The highest BCUT2D eigenvalue weighted by Gasteiger charge is 2.13. The smallest absolute Gasteiger partial charge is 0.131 e. The van der Waals surface area contributed by atoms with Gasteiger partial charge >= 0.3 is 0 Å². The fraction of sp³-hybridized carbons (Fsp3) is 0.529. The van der Waals surface area contributed by atoms with E-state index < -0.39 is 0 Å². The van der Waals surface area contributed by atoms with Crippen LogP contribution < -0.4 is 10.2 Å². The molecule has 0 spiro atoms. The summed E-state index contributed by atoms with van der Waals surface area (Å²) in [6, 6.07) is 4.11. The van der Waals surface area contributed by atoms with E-state index in [9.17, 15) is 0 Å². The van der Waals surface area contributed by atoms with Gasteiger partial charge in [0.15, 0.2) is 0 Å². The fourth-order valence-corrected chi connectivity index (χ4v) is 2.72. The molecule has 0 radical (unpaired) electrons. The zero-order chi connectivity index (χ0) is 17.0. The third-order valence-electron chi connectivity index (χ3n) is 3.62. The molecule has 23 heavy (non-hydrogen) atoms. The first kappa shape index (κ1) is 17.8. The Bertz CT molecular complexity index is 648. The predicted octanol–water partition coefficient (Wildman–Crippen LogP) is 3.25. The lowest BCUT2D eigenvalue weighted by Gasteiger charge is -2.12. The van der Waals surface area contributed by atoms with Crippen LogP contribution in [0.25, 0.3) is 0 Å². The minimum atomic E-state index is 0.522. The van der Waals surface area contributed by atoms with Gasteiger partial charge in [0.2, 0.25) is 0 Å². The Hall–Kier alpha value is -1.59. The molecule has 2 rings (SSSR count). The summed E-state index contributed by atoms with van der Waals surface area (Å²) < 4.78 is 1.90. The molecule has 6 heteroatoms. The van der Waals surface area contributed by atoms with Gasteiger partial charge in [0, 0.05) is 45.5 Å². The maximum absolute atomic E-state index is 6.47. The number of nitrogens with zero attached hydrogens (tertiary/aromatic N) is 4. The van der Waals surface area contributed by atoms with Gasteiger partial charge in [-0.3, -0.25) is 4.68 Å². The molecule has 0 aliphatic carbocycles. The lowest BCUT2D eigenvalue weighted by molar-refractivity contribution is 0.481. The molecular formula is C17H26ClN5. The maximum Gasteiger partial charge on any atom is 0.131 e. The summed E-state index contributed by atoms with van der Waals surface area (Å²) in [5.74, 6) is 1.48. The molecule has 1 N–H and O–H groups in total. The van der Waals surface area contributed by atoms with E-state index in [1.165, 1.54) is 5.56 Å². The Labute approximate surface area is 143 Å². The monoisotopic (exact) mass is 335 g/mol. The van der Waals surface area contributed by atoms with Crippen LogP contribution in [-0.4, -0.2) is 28.9 Å². The molecule has 5 nitrogen and oxygen atoms in total. The summed E-state index contributed by atoms with van der Waals surface area (Å²) >= 11 is 6.47. The van der Waals surface area contributed by atoms with Crippen molar-refractivity contribution >= 4 is 17.4 Å². The second-order valence-electron chi connectivity index (χ2n) is 6.45. The second-order valence-corrected chi connectivity index (χ2v) is 6.81. The molecule has 2 aromatic rings. The number of hydrogen-bond donors (Lipinski definition) is 1. The van der Waals surface area contributed by atoms with E-state index in [0.717, 1.165) is 35.3 Å². The van der Waals surface area contributed by atoms with Gasteiger partial charge in [-0.15, -0.1) is 0 Å². The normalized spacial score (nSPS) is 11.3. The van der Waals surface area contributed by atoms with Crippen molar-refractivity contribution in [3.8, 4) is 0 Å². The Morgan fingerprint density at radius 1 is 1.30 bits per heavy atom. The van der Waals surface area contributed by atoms with Gasteiger partial charge in [-0.2, -0.15) is 5.10 Å². The molecule has 2 heterocycles. The molecule has 0 fully saturated rings. The number of pyridine rings is 1. The van der Waals surface area contributed by atoms with Crippen molar-refractivity contribution in [3.05, 3.63) is 40.3 Å². The zero-order valence-electron chi connectivity index (χ0n) is 14.6. The highest BCUT2D eigenvalue weighted by Crippen LogP contribution is 2.21. The molecule has 0 aromatic carbocycles. The van der Waals surface area contributed by atoms with Crippen molar-refractivity contribution in [1.29, 1.82) is 0 Å². The predicted molar refractivity (Wildman–Crippen MR) is 95.9 cm³/mol. The number of hydrogen-bond acceptors (Lipinski definition) is 4. The highest BCUT2D eigenvalue weighted by molar-refractivity contribution is 6.30. The highest BCUT2D eigenvalue weighted by atomic mass is 35.5. The number of aromatic nitrogens is 3. The van der Waals surface area contributed by atoms with E-state index in [1.807, 2.05) is 42.9 Å². The Balaban J connectivity index is 1.99. The average Bonchev–Trinajstić information content (AvgIpc) is 2.74. The zero-order valence-corrected chi connectivity index (χ0v) is 15.4. The molecule has 0 bridgehead atoms. The summed E-state index contributed by atoms with van der Waals surface area (Å²) in [6.45, 7) is 8.66. The van der Waals surface area contributed by atoms with Crippen LogP contribution in [-0.2, 0) is 19.6 Å². The molecule has 0 unspecified atom stereocenters. The standard InChI is InChI=1S/C17H26ClN5/c1-12(2)11-23-17(18)15(13(3)21-23)10-19-9-14-6-7-20-16(8-14)22(4)5/h6-8,12,19H,9-11H2,1-5H3. The van der Waals surface area contributed by atoms with E-state index in [1.54, 1.807) is 0 Å². The Morgan fingerprint density at radius 2 is 2.04 bits per heavy atom. The van der Waals surface area contributed by atoms with Gasteiger partial charge in [0.25, 0.3) is 0 Å². The number of nitrogens with one attached hydrogen (secondary N) is 1. The first-order valence-electron chi connectivity index (χ1n) is 7.93. The van der Waals surface area contributed by atoms with Crippen LogP contribution >= 0.6 is 11.6 Å². The van der Waals surface area contributed by atoms with E-state index in [4.69, 9.17) is 11.6 Å². The van der Waals surface area contributed by atoms with Crippen molar-refractivity contribution in [2.24, 2.45) is 5.92 Å². The van der Waals surface area contributed by atoms with Crippen molar-refractivity contribution < 1.29 is 0 Å². The lowest BCUT2D eigenvalue weighted by atomic mass is 10.2. The molecule has 0 saturated heterocycles. The van der Waals surface area contributed by atoms with Crippen LogP contribution in [0.15, 0.2) is 18.3 Å². The van der Waals surface area contributed by atoms with Gasteiger partial charge in [-0.05, 0) is 30.5 Å². The minimum Gasteiger partial charge on any atom is -0.363 e. The van der Waals surface area contributed by atoms with Crippen molar-refractivity contribution in [3.63, 3.8) is 0 Å². The van der Waals surface area contributed by atoms with E-state index in [-0.39, 0.29) is 0 Å². The number of halogens is 1. The van der Waals surface area contributed by atoms with Crippen molar-refractivity contribution in [2.45, 2.75) is 40.4 Å². The van der Waals surface area contributed by atoms with E-state index in [0.29, 0.717) is 12.5 Å².